The SMILES string of the molecule is c1ccc(-c2ccc(N(c3cccc(-c4ccc5c(c4)C4(c6ccccc6-c6ccccc64)c4ccccc4-5)c3)c3ccc4c(c3)nc3n4-c4ccccc4C3(c3ccccc3)c3ccccc3)cc2)cc1. The highest BCUT2D eigenvalue weighted by Gasteiger charge is 2.52. The van der Waals surface area contributed by atoms with Crippen molar-refractivity contribution in [2.24, 2.45) is 0 Å². The van der Waals surface area contributed by atoms with Crippen molar-refractivity contribution in [1.29, 1.82) is 0 Å². The number of hydrogen-bond donors (Lipinski definition) is 0. The Morgan fingerprint density at radius 1 is 0.306 bits per heavy atom. The van der Waals surface area contributed by atoms with Gasteiger partial charge in [0.1, 0.15) is 11.2 Å². The summed E-state index contributed by atoms with van der Waals surface area (Å²) in [5, 5.41) is 0. The zero-order chi connectivity index (χ0) is 47.4. The lowest BCUT2D eigenvalue weighted by atomic mass is 9.70. The van der Waals surface area contributed by atoms with Crippen LogP contribution in [0.4, 0.5) is 17.1 Å². The number of aromatic nitrogens is 2. The molecule has 336 valence electrons. The Morgan fingerprint density at radius 3 is 1.42 bits per heavy atom. The van der Waals surface area contributed by atoms with Crippen molar-refractivity contribution in [3.05, 3.63) is 318 Å². The van der Waals surface area contributed by atoms with Crippen LogP contribution in [0.2, 0.25) is 0 Å². The molecule has 0 unspecified atom stereocenters. The highest BCUT2D eigenvalue weighted by atomic mass is 15.2. The van der Waals surface area contributed by atoms with Crippen LogP contribution in [0, 0.1) is 0 Å². The van der Waals surface area contributed by atoms with E-state index in [0.29, 0.717) is 0 Å². The Morgan fingerprint density at radius 2 is 0.778 bits per heavy atom. The van der Waals surface area contributed by atoms with Crippen molar-refractivity contribution >= 4 is 28.1 Å². The lowest BCUT2D eigenvalue weighted by Gasteiger charge is -2.31. The minimum atomic E-state index is -0.613. The first-order valence-corrected chi connectivity index (χ1v) is 24.9. The van der Waals surface area contributed by atoms with Gasteiger partial charge in [-0.1, -0.05) is 218 Å². The van der Waals surface area contributed by atoms with Crippen molar-refractivity contribution in [2.75, 3.05) is 4.90 Å². The third-order valence-corrected chi connectivity index (χ3v) is 15.9. The van der Waals surface area contributed by atoms with Gasteiger partial charge in [0, 0.05) is 17.1 Å². The molecule has 0 radical (unpaired) electrons. The Balaban J connectivity index is 0.910. The fourth-order valence-electron chi connectivity index (χ4n) is 12.9. The summed E-state index contributed by atoms with van der Waals surface area (Å²) >= 11 is 0. The first-order valence-electron chi connectivity index (χ1n) is 24.9. The molecule has 0 atom stereocenters. The van der Waals surface area contributed by atoms with Crippen LogP contribution in [0.3, 0.4) is 0 Å². The second-order valence-electron chi connectivity index (χ2n) is 19.4. The van der Waals surface area contributed by atoms with Gasteiger partial charge >= 0.3 is 0 Å². The fraction of sp³-hybridized carbons (Fsp3) is 0.0290. The summed E-state index contributed by atoms with van der Waals surface area (Å²) in [5.74, 6) is 0.998. The predicted octanol–water partition coefficient (Wildman–Crippen LogP) is 16.9. The van der Waals surface area contributed by atoms with E-state index in [1.807, 2.05) is 0 Å². The molecule has 72 heavy (non-hydrogen) atoms. The van der Waals surface area contributed by atoms with Crippen LogP contribution < -0.4 is 4.90 Å². The summed E-state index contributed by atoms with van der Waals surface area (Å²) in [7, 11) is 0. The number of hydrogen-bond acceptors (Lipinski definition) is 2. The van der Waals surface area contributed by atoms with Crippen molar-refractivity contribution in [1.82, 2.24) is 9.55 Å². The van der Waals surface area contributed by atoms with Crippen LogP contribution in [0.25, 0.3) is 61.2 Å². The van der Waals surface area contributed by atoms with Crippen molar-refractivity contribution < 1.29 is 0 Å². The molecule has 12 aromatic rings. The van der Waals surface area contributed by atoms with Crippen molar-refractivity contribution in [3.63, 3.8) is 0 Å². The van der Waals surface area contributed by atoms with E-state index in [1.54, 1.807) is 0 Å². The third-order valence-electron chi connectivity index (χ3n) is 15.9. The molecule has 0 saturated carbocycles. The molecule has 1 spiro atoms. The van der Waals surface area contributed by atoms with Crippen LogP contribution in [0.15, 0.2) is 273 Å². The van der Waals surface area contributed by atoms with Gasteiger partial charge in [-0.15, -0.1) is 0 Å². The predicted molar refractivity (Wildman–Crippen MR) is 295 cm³/mol. The van der Waals surface area contributed by atoms with E-state index in [0.717, 1.165) is 45.2 Å². The maximum absolute atomic E-state index is 5.72. The highest BCUT2D eigenvalue weighted by Crippen LogP contribution is 2.63. The number of nitrogens with zero attached hydrogens (tertiary/aromatic N) is 3. The van der Waals surface area contributed by atoms with E-state index < -0.39 is 10.8 Å². The monoisotopic (exact) mass is 915 g/mol. The van der Waals surface area contributed by atoms with Crippen molar-refractivity contribution in [3.8, 4) is 50.2 Å². The number of imidazole rings is 1. The summed E-state index contributed by atoms with van der Waals surface area (Å²) in [4.78, 5) is 8.11. The standard InChI is InChI=1S/C69H45N3/c1-4-19-46(20-5-1)47-35-38-52(39-36-47)71(54-40-42-66-64(45-54)70-67-68(50-22-6-2-7-23-50,51-24-8-3-9-25-51)62-33-16-17-34-65(62)72(66)67)53-26-18-21-48(43-53)49-37-41-58-57-29-12-15-32-61(57)69(63(58)44-49)59-30-13-10-27-55(59)56-28-11-14-31-60(56)69/h1-45H. The molecule has 2 aliphatic carbocycles. The molecule has 3 nitrogen and oxygen atoms in total. The molecule has 3 aliphatic rings. The Bertz CT molecular complexity index is 3990. The molecule has 0 amide bonds. The molecular formula is C69H45N3. The first-order chi connectivity index (χ1) is 35.7. The normalized spacial score (nSPS) is 13.8. The minimum absolute atomic E-state index is 0.418. The molecule has 11 aromatic carbocycles. The maximum atomic E-state index is 5.72. The number of benzene rings is 11. The van der Waals surface area contributed by atoms with E-state index in [4.69, 9.17) is 4.98 Å². The van der Waals surface area contributed by atoms with Gasteiger partial charge in [0.2, 0.25) is 0 Å². The summed E-state index contributed by atoms with van der Waals surface area (Å²) in [6.07, 6.45) is 0. The van der Waals surface area contributed by atoms with Gasteiger partial charge in [-0.05, 0) is 138 Å². The number of rotatable bonds is 7. The van der Waals surface area contributed by atoms with Gasteiger partial charge < -0.3 is 4.90 Å². The Labute approximate surface area is 419 Å². The molecule has 1 aromatic heterocycles. The van der Waals surface area contributed by atoms with E-state index in [2.05, 4.69) is 282 Å². The smallest absolute Gasteiger partial charge is 0.134 e. The second-order valence-corrected chi connectivity index (χ2v) is 19.4. The molecule has 0 saturated heterocycles. The zero-order valence-corrected chi connectivity index (χ0v) is 39.3. The van der Waals surface area contributed by atoms with E-state index in [-0.39, 0.29) is 0 Å². The van der Waals surface area contributed by atoms with Crippen molar-refractivity contribution in [2.45, 2.75) is 10.8 Å². The molecule has 3 heteroatoms. The van der Waals surface area contributed by atoms with E-state index in [9.17, 15) is 0 Å². The topological polar surface area (TPSA) is 21.1 Å². The maximum Gasteiger partial charge on any atom is 0.134 e. The van der Waals surface area contributed by atoms with E-state index >= 15 is 0 Å². The van der Waals surface area contributed by atoms with Gasteiger partial charge in [-0.25, -0.2) is 4.98 Å². The molecule has 2 heterocycles. The molecular weight excluding hydrogens is 871 g/mol. The minimum Gasteiger partial charge on any atom is -0.310 e. The summed E-state index contributed by atoms with van der Waals surface area (Å²) in [5.41, 5.74) is 24.2. The quantitative estimate of drug-likeness (QED) is 0.159. The lowest BCUT2D eigenvalue weighted by molar-refractivity contribution is 0.718. The largest absolute Gasteiger partial charge is 0.310 e. The lowest BCUT2D eigenvalue weighted by Crippen LogP contribution is -2.29. The van der Waals surface area contributed by atoms with Crippen LogP contribution in [-0.4, -0.2) is 9.55 Å². The van der Waals surface area contributed by atoms with Crippen LogP contribution in [-0.2, 0) is 10.8 Å². The van der Waals surface area contributed by atoms with Gasteiger partial charge in [0.15, 0.2) is 0 Å². The third kappa shape index (κ3) is 5.59. The summed E-state index contributed by atoms with van der Waals surface area (Å²) < 4.78 is 2.40. The molecule has 0 fully saturated rings. The van der Waals surface area contributed by atoms with Crippen LogP contribution >= 0.6 is 0 Å². The Hall–Kier alpha value is -9.31. The van der Waals surface area contributed by atoms with Gasteiger partial charge in [-0.3, -0.25) is 4.57 Å². The average Bonchev–Trinajstić information content (AvgIpc) is 4.16. The highest BCUT2D eigenvalue weighted by molar-refractivity contribution is 5.96. The van der Waals surface area contributed by atoms with E-state index in [1.165, 1.54) is 77.9 Å². The summed E-state index contributed by atoms with van der Waals surface area (Å²) in [6.45, 7) is 0. The molecule has 0 N–H and O–H groups in total. The number of para-hydroxylation sites is 1. The number of fused-ring (bicyclic) bond motifs is 15. The Kier molecular flexibility index (Phi) is 8.79. The second kappa shape index (κ2) is 15.6. The molecule has 15 rings (SSSR count). The summed E-state index contributed by atoms with van der Waals surface area (Å²) in [6, 6.07) is 100. The van der Waals surface area contributed by atoms with Crippen LogP contribution in [0.5, 0.6) is 0 Å². The first kappa shape index (κ1) is 40.6. The molecule has 0 bridgehead atoms. The zero-order valence-electron chi connectivity index (χ0n) is 39.3. The molecule has 1 aliphatic heterocycles. The van der Waals surface area contributed by atoms with Crippen LogP contribution in [0.1, 0.15) is 44.8 Å². The van der Waals surface area contributed by atoms with Gasteiger partial charge in [0.05, 0.1) is 22.1 Å². The van der Waals surface area contributed by atoms with Gasteiger partial charge in [-0.2, -0.15) is 0 Å². The number of anilines is 3. The van der Waals surface area contributed by atoms with Gasteiger partial charge in [0.25, 0.3) is 0 Å². The average molecular weight is 916 g/mol. The fourth-order valence-corrected chi connectivity index (χ4v) is 12.9.